The molecule has 2 aliphatic rings. The second-order valence-corrected chi connectivity index (χ2v) is 12.8. The zero-order valence-corrected chi connectivity index (χ0v) is 27.5. The van der Waals surface area contributed by atoms with Crippen LogP contribution in [-0.4, -0.2) is 90.6 Å². The molecule has 15 heteroatoms. The molecule has 3 N–H and O–H groups in total. The van der Waals surface area contributed by atoms with Gasteiger partial charge in [-0.05, 0) is 64.3 Å². The summed E-state index contributed by atoms with van der Waals surface area (Å²) >= 11 is 1.20. The van der Waals surface area contributed by atoms with Crippen LogP contribution in [-0.2, 0) is 27.0 Å². The average molecular weight is 667 g/mol. The van der Waals surface area contributed by atoms with Crippen LogP contribution in [0, 0.1) is 5.92 Å². The monoisotopic (exact) mass is 666 g/mol. The van der Waals surface area contributed by atoms with E-state index in [1.165, 1.54) is 36.8 Å². The fourth-order valence-corrected chi connectivity index (χ4v) is 6.90. The van der Waals surface area contributed by atoms with Crippen molar-refractivity contribution in [2.45, 2.75) is 57.8 Å². The Labute approximate surface area is 270 Å². The molecule has 0 radical (unpaired) electrons. The lowest BCUT2D eigenvalue weighted by molar-refractivity contribution is -0.143. The summed E-state index contributed by atoms with van der Waals surface area (Å²) in [5, 5.41) is 15.1. The number of ether oxygens (including phenoxy) is 2. The number of methoxy groups -OCH3 is 2. The summed E-state index contributed by atoms with van der Waals surface area (Å²) in [7, 11) is 4.41. The quantitative estimate of drug-likeness (QED) is 0.171. The number of amidine groups is 1. The molecular weight excluding hydrogens is 625 g/mol. The van der Waals surface area contributed by atoms with E-state index >= 15 is 0 Å². The molecule has 2 saturated heterocycles. The number of piperidine rings is 1. The van der Waals surface area contributed by atoms with Crippen LogP contribution in [0.3, 0.4) is 0 Å². The number of anilines is 1. The van der Waals surface area contributed by atoms with Crippen molar-refractivity contribution in [3.63, 3.8) is 0 Å². The van der Waals surface area contributed by atoms with E-state index in [2.05, 4.69) is 32.4 Å². The second kappa shape index (κ2) is 14.8. The summed E-state index contributed by atoms with van der Waals surface area (Å²) in [6.45, 7) is 6.69. The Morgan fingerprint density at radius 3 is 2.57 bits per heavy atom. The number of rotatable bonds is 11. The van der Waals surface area contributed by atoms with Gasteiger partial charge in [-0.15, -0.1) is 0 Å². The van der Waals surface area contributed by atoms with Crippen LogP contribution >= 0.6 is 11.3 Å². The first-order valence-electron chi connectivity index (χ1n) is 15.0. The van der Waals surface area contributed by atoms with Gasteiger partial charge >= 0.3 is 12.1 Å². The molecule has 1 atom stereocenters. The lowest BCUT2D eigenvalue weighted by atomic mass is 9.97. The highest BCUT2D eigenvalue weighted by molar-refractivity contribution is 7.16. The first-order valence-corrected chi connectivity index (χ1v) is 15.8. The number of alkyl halides is 3. The van der Waals surface area contributed by atoms with E-state index in [9.17, 15) is 27.9 Å². The van der Waals surface area contributed by atoms with E-state index in [1.54, 1.807) is 21.1 Å². The number of carboxylic acid groups (broad SMARTS) is 1. The van der Waals surface area contributed by atoms with Gasteiger partial charge in [-0.25, -0.2) is 9.98 Å². The molecule has 0 bridgehead atoms. The Bertz CT molecular complexity index is 1470. The van der Waals surface area contributed by atoms with Crippen molar-refractivity contribution in [1.29, 1.82) is 0 Å². The van der Waals surface area contributed by atoms with Crippen LogP contribution in [0.1, 0.15) is 50.0 Å². The standard InChI is InChI=1S/C31H41F3N6O5S/c1-19(39-13-9-20(10-14-39)28(42)43)36-16-23(35-3)27(41)38-29-37-26(21-7-8-24(45-5)22(15-21)31(32,33)34)25(46-29)17-40-12-6-11-30(40,2)18-44-4/h7-8,15-16,20,35H,6,9-14,17-18H2,1-5H3,(H,42,43)(H,37,38,41)/b23-16-,36-19?. The molecule has 2 fully saturated rings. The molecule has 1 unspecified atom stereocenters. The van der Waals surface area contributed by atoms with Crippen molar-refractivity contribution in [1.82, 2.24) is 20.1 Å². The number of likely N-dealkylation sites (tertiary alicyclic amines) is 2. The molecule has 0 aliphatic carbocycles. The predicted octanol–water partition coefficient (Wildman–Crippen LogP) is 5.05. The number of carbonyl (C=O) groups is 2. The first-order chi connectivity index (χ1) is 21.8. The number of benzene rings is 1. The number of aliphatic imine (C=N–C) groups is 1. The summed E-state index contributed by atoms with van der Waals surface area (Å²) in [4.78, 5) is 38.5. The second-order valence-electron chi connectivity index (χ2n) is 11.7. The van der Waals surface area contributed by atoms with Crippen LogP contribution in [0.15, 0.2) is 35.1 Å². The van der Waals surface area contributed by atoms with Crippen molar-refractivity contribution in [3.05, 3.63) is 40.5 Å². The number of nitrogens with one attached hydrogen (secondary N) is 2. The van der Waals surface area contributed by atoms with Gasteiger partial charge in [0.05, 0.1) is 37.1 Å². The molecule has 11 nitrogen and oxygen atoms in total. The number of hydrogen-bond acceptors (Lipinski definition) is 9. The third-order valence-corrected chi connectivity index (χ3v) is 9.54. The molecule has 46 heavy (non-hydrogen) atoms. The summed E-state index contributed by atoms with van der Waals surface area (Å²) in [6, 6.07) is 3.83. The van der Waals surface area contributed by atoms with E-state index in [0.29, 0.717) is 55.5 Å². The van der Waals surface area contributed by atoms with Crippen LogP contribution in [0.5, 0.6) is 5.75 Å². The lowest BCUT2D eigenvalue weighted by Gasteiger charge is -2.34. The van der Waals surface area contributed by atoms with Crippen LogP contribution in [0.2, 0.25) is 0 Å². The van der Waals surface area contributed by atoms with Gasteiger partial charge in [-0.2, -0.15) is 13.2 Å². The minimum atomic E-state index is -4.64. The summed E-state index contributed by atoms with van der Waals surface area (Å²) in [5.41, 5.74) is -0.424. The number of hydrogen-bond donors (Lipinski definition) is 3. The van der Waals surface area contributed by atoms with Gasteiger partial charge in [0.15, 0.2) is 5.13 Å². The molecule has 0 saturated carbocycles. The molecule has 1 amide bonds. The maximum atomic E-state index is 13.9. The topological polar surface area (TPSA) is 129 Å². The SMILES string of the molecule is CN/C(=C\N=C(C)N1CCC(C(=O)O)CC1)C(=O)Nc1nc(-c2ccc(OC)c(C(F)(F)F)c2)c(CN2CCCC2(C)COC)s1. The number of likely N-dealkylation sites (N-methyl/N-ethyl adjacent to an activating group) is 1. The van der Waals surface area contributed by atoms with Gasteiger partial charge in [0.25, 0.3) is 5.91 Å². The molecular formula is C31H41F3N6O5S. The van der Waals surface area contributed by atoms with Crippen LogP contribution < -0.4 is 15.4 Å². The van der Waals surface area contributed by atoms with Crippen LogP contribution in [0.25, 0.3) is 11.3 Å². The highest BCUT2D eigenvalue weighted by Gasteiger charge is 2.38. The van der Waals surface area contributed by atoms with Crippen molar-refractivity contribution in [2.75, 3.05) is 52.8 Å². The Morgan fingerprint density at radius 1 is 1.24 bits per heavy atom. The van der Waals surface area contributed by atoms with Gasteiger partial charge in [-0.3, -0.25) is 19.8 Å². The number of carbonyl (C=O) groups excluding carboxylic acids is 1. The number of amides is 1. The molecule has 1 aromatic heterocycles. The zero-order chi connectivity index (χ0) is 33.6. The molecule has 2 aliphatic heterocycles. The number of nitrogens with zero attached hydrogens (tertiary/aromatic N) is 4. The van der Waals surface area contributed by atoms with Crippen molar-refractivity contribution >= 4 is 34.2 Å². The molecule has 0 spiro atoms. The predicted molar refractivity (Wildman–Crippen MR) is 170 cm³/mol. The van der Waals surface area contributed by atoms with Gasteiger partial charge in [0.2, 0.25) is 0 Å². The highest BCUT2D eigenvalue weighted by Crippen LogP contribution is 2.41. The van der Waals surface area contributed by atoms with Gasteiger partial charge in [-0.1, -0.05) is 11.3 Å². The summed E-state index contributed by atoms with van der Waals surface area (Å²) in [5.74, 6) is -1.34. The third kappa shape index (κ3) is 8.17. The molecule has 3 heterocycles. The maximum absolute atomic E-state index is 13.9. The summed E-state index contributed by atoms with van der Waals surface area (Å²) in [6.07, 6.45) is -0.360. The van der Waals surface area contributed by atoms with Crippen LogP contribution in [0.4, 0.5) is 18.3 Å². The van der Waals surface area contributed by atoms with Gasteiger partial charge < -0.3 is 24.8 Å². The Hall–Kier alpha value is -3.69. The van der Waals surface area contributed by atoms with E-state index in [-0.39, 0.29) is 33.6 Å². The summed E-state index contributed by atoms with van der Waals surface area (Å²) < 4.78 is 52.2. The Balaban J connectivity index is 1.62. The molecule has 2 aromatic rings. The zero-order valence-electron chi connectivity index (χ0n) is 26.7. The number of halogens is 3. The van der Waals surface area contributed by atoms with Gasteiger partial charge in [0.1, 0.15) is 17.3 Å². The normalized spacial score (nSPS) is 20.2. The van der Waals surface area contributed by atoms with Crippen molar-refractivity contribution in [2.24, 2.45) is 10.9 Å². The first kappa shape index (κ1) is 35.2. The largest absolute Gasteiger partial charge is 0.496 e. The fourth-order valence-electron chi connectivity index (χ4n) is 5.90. The lowest BCUT2D eigenvalue weighted by Crippen LogP contribution is -2.44. The third-order valence-electron chi connectivity index (χ3n) is 8.59. The number of carboxylic acids is 1. The van der Waals surface area contributed by atoms with E-state index < -0.39 is 23.6 Å². The smallest absolute Gasteiger partial charge is 0.419 e. The minimum Gasteiger partial charge on any atom is -0.496 e. The highest BCUT2D eigenvalue weighted by atomic mass is 32.1. The fraction of sp³-hybridized carbons (Fsp3) is 0.548. The van der Waals surface area contributed by atoms with E-state index in [0.717, 1.165) is 25.5 Å². The van der Waals surface area contributed by atoms with Crippen molar-refractivity contribution in [3.8, 4) is 17.0 Å². The Kier molecular flexibility index (Phi) is 11.3. The minimum absolute atomic E-state index is 0.147. The molecule has 1 aromatic carbocycles. The van der Waals surface area contributed by atoms with Gasteiger partial charge in [0, 0.05) is 49.8 Å². The van der Waals surface area contributed by atoms with Crippen molar-refractivity contribution < 1.29 is 37.3 Å². The average Bonchev–Trinajstić information content (AvgIpc) is 3.59. The Morgan fingerprint density at radius 2 is 1.96 bits per heavy atom. The maximum Gasteiger partial charge on any atom is 0.419 e. The molecule has 252 valence electrons. The molecule has 4 rings (SSSR count). The number of thiazole rings is 1. The number of aromatic nitrogens is 1. The van der Waals surface area contributed by atoms with E-state index in [1.807, 2.05) is 4.90 Å². The number of aliphatic carboxylic acids is 1. The van der Waals surface area contributed by atoms with E-state index in [4.69, 9.17) is 9.47 Å².